The van der Waals surface area contributed by atoms with Gasteiger partial charge in [-0.1, -0.05) is 13.8 Å². The number of nitrogens with one attached hydrogen (secondary N) is 1. The van der Waals surface area contributed by atoms with E-state index in [1.165, 1.54) is 58.3 Å². The Kier molecular flexibility index (Phi) is 5.93. The van der Waals surface area contributed by atoms with Gasteiger partial charge in [0, 0.05) is 25.7 Å². The largest absolute Gasteiger partial charge is 0.378 e. The third kappa shape index (κ3) is 4.22. The number of hydrogen-bond acceptors (Lipinski definition) is 3. The number of likely N-dealkylation sites (tertiary alicyclic amines) is 1. The van der Waals surface area contributed by atoms with E-state index in [4.69, 9.17) is 4.74 Å². The average Bonchev–Trinajstić information content (AvgIpc) is 2.88. The molecule has 2 aliphatic rings. The molecule has 0 aromatic carbocycles. The molecular formula is C15H30N2O. The predicted octanol–water partition coefficient (Wildman–Crippen LogP) is 2.27. The molecule has 2 rings (SSSR count). The maximum absolute atomic E-state index is 5.71. The van der Waals surface area contributed by atoms with Crippen LogP contribution in [-0.2, 0) is 4.74 Å². The second kappa shape index (κ2) is 7.46. The summed E-state index contributed by atoms with van der Waals surface area (Å²) in [5.74, 6) is 0.787. The SMILES string of the molecule is CCCNC1CCN(CCC2CCCO2)CC1C. The standard InChI is InChI=1S/C15H30N2O/c1-3-8-16-15-7-10-17(12-13(15)2)9-6-14-5-4-11-18-14/h13-16H,3-12H2,1-2H3. The summed E-state index contributed by atoms with van der Waals surface area (Å²) in [4.78, 5) is 2.64. The van der Waals surface area contributed by atoms with Crippen molar-refractivity contribution in [3.63, 3.8) is 0 Å². The van der Waals surface area contributed by atoms with Crippen LogP contribution in [0.1, 0.15) is 46.0 Å². The van der Waals surface area contributed by atoms with Gasteiger partial charge in [-0.3, -0.25) is 0 Å². The fourth-order valence-electron chi connectivity index (χ4n) is 3.27. The fourth-order valence-corrected chi connectivity index (χ4v) is 3.27. The lowest BCUT2D eigenvalue weighted by molar-refractivity contribution is 0.0792. The quantitative estimate of drug-likeness (QED) is 0.787. The van der Waals surface area contributed by atoms with Gasteiger partial charge in [-0.25, -0.2) is 0 Å². The highest BCUT2D eigenvalue weighted by Crippen LogP contribution is 2.20. The first-order valence-corrected chi connectivity index (χ1v) is 7.87. The van der Waals surface area contributed by atoms with Crippen LogP contribution in [0, 0.1) is 5.92 Å². The molecule has 2 fully saturated rings. The van der Waals surface area contributed by atoms with Crippen molar-refractivity contribution >= 4 is 0 Å². The van der Waals surface area contributed by atoms with Crippen molar-refractivity contribution in [2.75, 3.05) is 32.8 Å². The van der Waals surface area contributed by atoms with Crippen LogP contribution in [0.4, 0.5) is 0 Å². The summed E-state index contributed by atoms with van der Waals surface area (Å²) >= 11 is 0. The zero-order valence-electron chi connectivity index (χ0n) is 12.2. The Bertz CT molecular complexity index is 229. The molecule has 0 aromatic rings. The summed E-state index contributed by atoms with van der Waals surface area (Å²) in [6, 6.07) is 0.740. The van der Waals surface area contributed by atoms with Crippen LogP contribution in [0.2, 0.25) is 0 Å². The second-order valence-corrected chi connectivity index (χ2v) is 6.05. The van der Waals surface area contributed by atoms with Gasteiger partial charge in [0.2, 0.25) is 0 Å². The average molecular weight is 254 g/mol. The van der Waals surface area contributed by atoms with E-state index in [-0.39, 0.29) is 0 Å². The van der Waals surface area contributed by atoms with Crippen molar-refractivity contribution in [2.45, 2.75) is 58.1 Å². The topological polar surface area (TPSA) is 24.5 Å². The van der Waals surface area contributed by atoms with Gasteiger partial charge in [-0.05, 0) is 51.1 Å². The van der Waals surface area contributed by atoms with E-state index in [0.717, 1.165) is 18.6 Å². The van der Waals surface area contributed by atoms with Crippen LogP contribution in [0.5, 0.6) is 0 Å². The molecule has 3 nitrogen and oxygen atoms in total. The number of piperidine rings is 1. The normalized spacial score (nSPS) is 34.0. The van der Waals surface area contributed by atoms with Crippen LogP contribution in [0.3, 0.4) is 0 Å². The maximum atomic E-state index is 5.71. The zero-order valence-corrected chi connectivity index (χ0v) is 12.2. The first-order chi connectivity index (χ1) is 8.79. The molecule has 0 aliphatic carbocycles. The molecule has 2 saturated heterocycles. The van der Waals surface area contributed by atoms with Gasteiger partial charge in [-0.2, -0.15) is 0 Å². The lowest BCUT2D eigenvalue weighted by Crippen LogP contribution is -2.48. The minimum absolute atomic E-state index is 0.552. The molecule has 0 amide bonds. The van der Waals surface area contributed by atoms with Crippen LogP contribution in [0.25, 0.3) is 0 Å². The van der Waals surface area contributed by atoms with Crippen LogP contribution in [0.15, 0.2) is 0 Å². The molecule has 2 heterocycles. The molecule has 18 heavy (non-hydrogen) atoms. The van der Waals surface area contributed by atoms with E-state index in [0.29, 0.717) is 6.10 Å². The molecule has 0 spiro atoms. The lowest BCUT2D eigenvalue weighted by atomic mass is 9.93. The zero-order chi connectivity index (χ0) is 12.8. The Hall–Kier alpha value is -0.120. The molecule has 2 aliphatic heterocycles. The first-order valence-electron chi connectivity index (χ1n) is 7.87. The Morgan fingerprint density at radius 1 is 1.33 bits per heavy atom. The molecule has 0 aromatic heterocycles. The Morgan fingerprint density at radius 2 is 2.22 bits per heavy atom. The number of ether oxygens (including phenoxy) is 1. The Morgan fingerprint density at radius 3 is 2.89 bits per heavy atom. The maximum Gasteiger partial charge on any atom is 0.0588 e. The smallest absolute Gasteiger partial charge is 0.0588 e. The van der Waals surface area contributed by atoms with E-state index < -0.39 is 0 Å². The molecule has 3 unspecified atom stereocenters. The van der Waals surface area contributed by atoms with Gasteiger partial charge in [-0.15, -0.1) is 0 Å². The van der Waals surface area contributed by atoms with Gasteiger partial charge >= 0.3 is 0 Å². The summed E-state index contributed by atoms with van der Waals surface area (Å²) < 4.78 is 5.71. The van der Waals surface area contributed by atoms with Crippen molar-refractivity contribution in [1.29, 1.82) is 0 Å². The van der Waals surface area contributed by atoms with Crippen molar-refractivity contribution in [3.05, 3.63) is 0 Å². The molecule has 0 radical (unpaired) electrons. The van der Waals surface area contributed by atoms with E-state index in [9.17, 15) is 0 Å². The van der Waals surface area contributed by atoms with E-state index >= 15 is 0 Å². The van der Waals surface area contributed by atoms with Crippen molar-refractivity contribution in [2.24, 2.45) is 5.92 Å². The molecule has 106 valence electrons. The van der Waals surface area contributed by atoms with Crippen molar-refractivity contribution in [3.8, 4) is 0 Å². The molecule has 0 bridgehead atoms. The molecule has 0 saturated carbocycles. The second-order valence-electron chi connectivity index (χ2n) is 6.05. The predicted molar refractivity (Wildman–Crippen MR) is 75.9 cm³/mol. The van der Waals surface area contributed by atoms with Gasteiger partial charge in [0.1, 0.15) is 0 Å². The highest BCUT2D eigenvalue weighted by atomic mass is 16.5. The number of nitrogens with zero attached hydrogens (tertiary/aromatic N) is 1. The highest BCUT2D eigenvalue weighted by Gasteiger charge is 2.26. The summed E-state index contributed by atoms with van der Waals surface area (Å²) in [7, 11) is 0. The van der Waals surface area contributed by atoms with Gasteiger partial charge in [0.25, 0.3) is 0 Å². The van der Waals surface area contributed by atoms with Crippen LogP contribution >= 0.6 is 0 Å². The van der Waals surface area contributed by atoms with E-state index in [1.807, 2.05) is 0 Å². The third-order valence-electron chi connectivity index (χ3n) is 4.44. The van der Waals surface area contributed by atoms with Gasteiger partial charge < -0.3 is 15.0 Å². The molecule has 3 atom stereocenters. The minimum Gasteiger partial charge on any atom is -0.378 e. The van der Waals surface area contributed by atoms with Crippen molar-refractivity contribution < 1.29 is 4.74 Å². The lowest BCUT2D eigenvalue weighted by Gasteiger charge is -2.37. The number of hydrogen-bond donors (Lipinski definition) is 1. The summed E-state index contributed by atoms with van der Waals surface area (Å²) in [6.07, 6.45) is 6.89. The summed E-state index contributed by atoms with van der Waals surface area (Å²) in [5.41, 5.74) is 0. The molecule has 1 N–H and O–H groups in total. The highest BCUT2D eigenvalue weighted by molar-refractivity contribution is 4.83. The van der Waals surface area contributed by atoms with Crippen LogP contribution < -0.4 is 5.32 Å². The van der Waals surface area contributed by atoms with Crippen molar-refractivity contribution in [1.82, 2.24) is 10.2 Å². The summed E-state index contributed by atoms with van der Waals surface area (Å²) in [5, 5.41) is 3.69. The minimum atomic E-state index is 0.552. The van der Waals surface area contributed by atoms with Crippen LogP contribution in [-0.4, -0.2) is 49.8 Å². The monoisotopic (exact) mass is 254 g/mol. The third-order valence-corrected chi connectivity index (χ3v) is 4.44. The fraction of sp³-hybridized carbons (Fsp3) is 1.00. The van der Waals surface area contributed by atoms with Gasteiger partial charge in [0.05, 0.1) is 6.10 Å². The molecular weight excluding hydrogens is 224 g/mol. The molecule has 3 heteroatoms. The number of rotatable bonds is 6. The first kappa shape index (κ1) is 14.3. The summed E-state index contributed by atoms with van der Waals surface area (Å²) in [6.45, 7) is 10.6. The van der Waals surface area contributed by atoms with E-state index in [1.54, 1.807) is 0 Å². The van der Waals surface area contributed by atoms with E-state index in [2.05, 4.69) is 24.1 Å². The Labute approximate surface area is 112 Å². The Balaban J connectivity index is 1.64. The van der Waals surface area contributed by atoms with Gasteiger partial charge in [0.15, 0.2) is 0 Å².